The summed E-state index contributed by atoms with van der Waals surface area (Å²) in [5.74, 6) is 0. The Morgan fingerprint density at radius 2 is 1.88 bits per heavy atom. The van der Waals surface area contributed by atoms with Crippen LogP contribution in [0.25, 0.3) is 16.6 Å². The van der Waals surface area contributed by atoms with Crippen LogP contribution in [-0.4, -0.2) is 4.57 Å². The number of allylic oxidation sites excluding steroid dienone is 4. The van der Waals surface area contributed by atoms with E-state index in [1.807, 2.05) is 0 Å². The molecule has 1 aromatic heterocycles. The average Bonchev–Trinajstić information content (AvgIpc) is 2.74. The first-order valence-electron chi connectivity index (χ1n) is 5.77. The third-order valence-electron chi connectivity index (χ3n) is 3.24. The maximum absolute atomic E-state index is 2.30. The molecule has 16 heavy (non-hydrogen) atoms. The van der Waals surface area contributed by atoms with Crippen molar-refractivity contribution in [3.63, 3.8) is 0 Å². The van der Waals surface area contributed by atoms with Crippen LogP contribution in [0.5, 0.6) is 0 Å². The molecule has 1 aromatic carbocycles. The summed E-state index contributed by atoms with van der Waals surface area (Å²) in [6, 6.07) is 10.7. The Bertz CT molecular complexity index is 584. The van der Waals surface area contributed by atoms with Gasteiger partial charge in [-0.3, -0.25) is 0 Å². The average molecular weight is 209 g/mol. The standard InChI is InChI=1S/C15H15N/c1-12-6-8-14(9-7-12)16-11-10-13-4-2-3-5-15(13)16/h2-6,8,10-11H,7,9H2,1H3. The van der Waals surface area contributed by atoms with Gasteiger partial charge in [-0.25, -0.2) is 0 Å². The number of benzene rings is 1. The molecular formula is C15H15N. The molecule has 0 fully saturated rings. The lowest BCUT2D eigenvalue weighted by atomic mass is 10.0. The van der Waals surface area contributed by atoms with Gasteiger partial charge in [0.15, 0.2) is 0 Å². The molecule has 1 aliphatic carbocycles. The monoisotopic (exact) mass is 209 g/mol. The van der Waals surface area contributed by atoms with Gasteiger partial charge in [-0.15, -0.1) is 0 Å². The van der Waals surface area contributed by atoms with Crippen LogP contribution in [0, 0.1) is 0 Å². The van der Waals surface area contributed by atoms with E-state index in [1.165, 1.54) is 28.6 Å². The fourth-order valence-corrected chi connectivity index (χ4v) is 2.26. The molecule has 1 nitrogen and oxygen atoms in total. The zero-order valence-electron chi connectivity index (χ0n) is 9.48. The maximum Gasteiger partial charge on any atom is 0.0525 e. The second kappa shape index (κ2) is 3.67. The zero-order chi connectivity index (χ0) is 11.0. The third kappa shape index (κ3) is 1.49. The molecule has 0 amide bonds. The summed E-state index contributed by atoms with van der Waals surface area (Å²) >= 11 is 0. The molecule has 1 aliphatic rings. The van der Waals surface area contributed by atoms with E-state index in [-0.39, 0.29) is 0 Å². The highest BCUT2D eigenvalue weighted by Crippen LogP contribution is 2.26. The Kier molecular flexibility index (Phi) is 2.17. The second-order valence-electron chi connectivity index (χ2n) is 4.42. The molecule has 0 aliphatic heterocycles. The summed E-state index contributed by atoms with van der Waals surface area (Å²) in [6.07, 6.45) is 8.96. The highest BCUT2D eigenvalue weighted by atomic mass is 15.0. The van der Waals surface area contributed by atoms with Crippen LogP contribution in [0.1, 0.15) is 19.8 Å². The van der Waals surface area contributed by atoms with E-state index in [2.05, 4.69) is 60.2 Å². The molecule has 1 heteroatoms. The van der Waals surface area contributed by atoms with Gasteiger partial charge in [-0.2, -0.15) is 0 Å². The Morgan fingerprint density at radius 1 is 1.00 bits per heavy atom. The van der Waals surface area contributed by atoms with Gasteiger partial charge in [0.25, 0.3) is 0 Å². The molecule has 0 saturated carbocycles. The van der Waals surface area contributed by atoms with E-state index in [0.717, 1.165) is 6.42 Å². The molecule has 0 unspecified atom stereocenters. The lowest BCUT2D eigenvalue weighted by molar-refractivity contribution is 0.917. The van der Waals surface area contributed by atoms with Crippen LogP contribution in [-0.2, 0) is 0 Å². The summed E-state index contributed by atoms with van der Waals surface area (Å²) in [6.45, 7) is 2.20. The van der Waals surface area contributed by atoms with Crippen molar-refractivity contribution >= 4 is 16.6 Å². The maximum atomic E-state index is 2.30. The van der Waals surface area contributed by atoms with Gasteiger partial charge >= 0.3 is 0 Å². The van der Waals surface area contributed by atoms with E-state index < -0.39 is 0 Å². The number of hydrogen-bond acceptors (Lipinski definition) is 0. The van der Waals surface area contributed by atoms with Gasteiger partial charge in [0, 0.05) is 11.9 Å². The predicted molar refractivity (Wildman–Crippen MR) is 69.2 cm³/mol. The molecule has 0 bridgehead atoms. The molecular weight excluding hydrogens is 194 g/mol. The summed E-state index contributed by atoms with van der Waals surface area (Å²) in [4.78, 5) is 0. The first kappa shape index (κ1) is 9.46. The molecule has 0 N–H and O–H groups in total. The lowest BCUT2D eigenvalue weighted by Gasteiger charge is -2.14. The summed E-state index contributed by atoms with van der Waals surface area (Å²) in [7, 11) is 0. The fraction of sp³-hybridized carbons (Fsp3) is 0.200. The Morgan fingerprint density at radius 3 is 2.69 bits per heavy atom. The fourth-order valence-electron chi connectivity index (χ4n) is 2.26. The van der Waals surface area contributed by atoms with Crippen LogP contribution in [0.3, 0.4) is 0 Å². The lowest BCUT2D eigenvalue weighted by Crippen LogP contribution is -1.98. The molecule has 3 rings (SSSR count). The van der Waals surface area contributed by atoms with E-state index in [9.17, 15) is 0 Å². The predicted octanol–water partition coefficient (Wildman–Crippen LogP) is 4.22. The van der Waals surface area contributed by atoms with Gasteiger partial charge in [0.2, 0.25) is 0 Å². The molecule has 80 valence electrons. The largest absolute Gasteiger partial charge is 0.320 e. The number of rotatable bonds is 1. The van der Waals surface area contributed by atoms with Crippen molar-refractivity contribution in [2.75, 3.05) is 0 Å². The summed E-state index contributed by atoms with van der Waals surface area (Å²) in [5, 5.41) is 1.31. The topological polar surface area (TPSA) is 4.93 Å². The van der Waals surface area contributed by atoms with E-state index >= 15 is 0 Å². The van der Waals surface area contributed by atoms with Crippen LogP contribution in [0.15, 0.2) is 54.3 Å². The molecule has 1 heterocycles. The Labute approximate surface area is 95.7 Å². The van der Waals surface area contributed by atoms with Crippen LogP contribution >= 0.6 is 0 Å². The van der Waals surface area contributed by atoms with Crippen LogP contribution < -0.4 is 0 Å². The van der Waals surface area contributed by atoms with Crippen molar-refractivity contribution < 1.29 is 0 Å². The SMILES string of the molecule is CC1=CC=C(n2ccc3ccccc32)CC1. The number of hydrogen-bond donors (Lipinski definition) is 0. The third-order valence-corrected chi connectivity index (χ3v) is 3.24. The van der Waals surface area contributed by atoms with Crippen molar-refractivity contribution in [3.8, 4) is 0 Å². The number of fused-ring (bicyclic) bond motifs is 1. The minimum Gasteiger partial charge on any atom is -0.320 e. The highest BCUT2D eigenvalue weighted by molar-refractivity contribution is 5.83. The first-order chi connectivity index (χ1) is 7.84. The highest BCUT2D eigenvalue weighted by Gasteiger charge is 2.07. The quantitative estimate of drug-likeness (QED) is 0.662. The van der Waals surface area contributed by atoms with Crippen molar-refractivity contribution in [3.05, 3.63) is 54.3 Å². The Balaban J connectivity index is 2.13. The first-order valence-corrected chi connectivity index (χ1v) is 5.77. The van der Waals surface area contributed by atoms with Crippen molar-refractivity contribution in [1.29, 1.82) is 0 Å². The Hall–Kier alpha value is -1.76. The van der Waals surface area contributed by atoms with Crippen molar-refractivity contribution in [1.82, 2.24) is 4.57 Å². The normalized spacial score (nSPS) is 16.1. The van der Waals surface area contributed by atoms with E-state index in [4.69, 9.17) is 0 Å². The number of nitrogens with zero attached hydrogens (tertiary/aromatic N) is 1. The smallest absolute Gasteiger partial charge is 0.0525 e. The van der Waals surface area contributed by atoms with Gasteiger partial charge < -0.3 is 4.57 Å². The van der Waals surface area contributed by atoms with E-state index in [1.54, 1.807) is 0 Å². The van der Waals surface area contributed by atoms with Gasteiger partial charge in [-0.1, -0.05) is 29.8 Å². The number of para-hydroxylation sites is 1. The molecule has 0 atom stereocenters. The van der Waals surface area contributed by atoms with E-state index in [0.29, 0.717) is 0 Å². The zero-order valence-corrected chi connectivity index (χ0v) is 9.48. The van der Waals surface area contributed by atoms with Crippen LogP contribution in [0.2, 0.25) is 0 Å². The van der Waals surface area contributed by atoms with Crippen molar-refractivity contribution in [2.24, 2.45) is 0 Å². The second-order valence-corrected chi connectivity index (χ2v) is 4.42. The van der Waals surface area contributed by atoms with Crippen molar-refractivity contribution in [2.45, 2.75) is 19.8 Å². The van der Waals surface area contributed by atoms with Crippen LogP contribution in [0.4, 0.5) is 0 Å². The van der Waals surface area contributed by atoms with Gasteiger partial charge in [-0.05, 0) is 43.4 Å². The molecule has 0 saturated heterocycles. The van der Waals surface area contributed by atoms with Gasteiger partial charge in [0.1, 0.15) is 0 Å². The summed E-state index contributed by atoms with van der Waals surface area (Å²) in [5.41, 5.74) is 4.17. The summed E-state index contributed by atoms with van der Waals surface area (Å²) < 4.78 is 2.30. The number of aromatic nitrogens is 1. The minimum absolute atomic E-state index is 1.14. The van der Waals surface area contributed by atoms with Gasteiger partial charge in [0.05, 0.1) is 5.52 Å². The molecule has 0 spiro atoms. The minimum atomic E-state index is 1.14. The molecule has 2 aromatic rings. The molecule has 0 radical (unpaired) electrons.